The van der Waals surface area contributed by atoms with Crippen LogP contribution in [0.5, 0.6) is 5.75 Å². The van der Waals surface area contributed by atoms with Crippen molar-refractivity contribution in [2.24, 2.45) is 0 Å². The standard InChI is InChI=1S/C22H14ClNO5/c23-18-11-5-1-7-14(18)13-28-19-12-6-4-10-17(19)22(27)29-24-20(25)15-8-2-3-9-16(15)21(24)26/h1-12H,13H2. The fourth-order valence-electron chi connectivity index (χ4n) is 2.91. The molecule has 0 atom stereocenters. The number of nitrogens with zero attached hydrogens (tertiary/aromatic N) is 1. The third-order valence-electron chi connectivity index (χ3n) is 4.38. The van der Waals surface area contributed by atoms with Gasteiger partial charge in [-0.1, -0.05) is 59.1 Å². The highest BCUT2D eigenvalue weighted by Gasteiger charge is 2.39. The van der Waals surface area contributed by atoms with Gasteiger partial charge in [-0.2, -0.15) is 0 Å². The van der Waals surface area contributed by atoms with Gasteiger partial charge in [-0.05, 0) is 30.3 Å². The van der Waals surface area contributed by atoms with Crippen molar-refractivity contribution in [2.45, 2.75) is 6.61 Å². The van der Waals surface area contributed by atoms with Crippen LogP contribution in [0.4, 0.5) is 0 Å². The molecule has 1 aliphatic heterocycles. The molecule has 3 aromatic carbocycles. The van der Waals surface area contributed by atoms with Crippen LogP contribution in [0, 0.1) is 0 Å². The molecule has 0 aromatic heterocycles. The van der Waals surface area contributed by atoms with Gasteiger partial charge in [0.2, 0.25) is 0 Å². The number of carbonyl (C=O) groups is 3. The van der Waals surface area contributed by atoms with Crippen LogP contribution in [0.1, 0.15) is 36.6 Å². The first-order chi connectivity index (χ1) is 14.1. The zero-order valence-corrected chi connectivity index (χ0v) is 15.8. The Morgan fingerprint density at radius 2 is 1.41 bits per heavy atom. The number of hydrogen-bond acceptors (Lipinski definition) is 5. The molecule has 0 spiro atoms. The molecule has 0 bridgehead atoms. The van der Waals surface area contributed by atoms with Crippen molar-refractivity contribution >= 4 is 29.4 Å². The number of para-hydroxylation sites is 1. The van der Waals surface area contributed by atoms with E-state index in [0.29, 0.717) is 10.1 Å². The molecule has 1 aliphatic rings. The highest BCUT2D eigenvalue weighted by molar-refractivity contribution is 6.31. The highest BCUT2D eigenvalue weighted by Crippen LogP contribution is 2.26. The number of hydrogen-bond donors (Lipinski definition) is 0. The number of ether oxygens (including phenoxy) is 1. The van der Waals surface area contributed by atoms with Crippen LogP contribution >= 0.6 is 11.6 Å². The first-order valence-electron chi connectivity index (χ1n) is 8.71. The summed E-state index contributed by atoms with van der Waals surface area (Å²) in [6, 6.07) is 19.9. The van der Waals surface area contributed by atoms with Gasteiger partial charge in [0.15, 0.2) is 0 Å². The summed E-state index contributed by atoms with van der Waals surface area (Å²) in [6.45, 7) is 0.136. The molecule has 4 rings (SSSR count). The quantitative estimate of drug-likeness (QED) is 0.590. The number of benzene rings is 3. The Morgan fingerprint density at radius 3 is 2.10 bits per heavy atom. The van der Waals surface area contributed by atoms with E-state index in [4.69, 9.17) is 21.2 Å². The van der Waals surface area contributed by atoms with E-state index < -0.39 is 17.8 Å². The second kappa shape index (κ2) is 7.77. The number of fused-ring (bicyclic) bond motifs is 1. The summed E-state index contributed by atoms with van der Waals surface area (Å²) in [7, 11) is 0. The average molecular weight is 408 g/mol. The van der Waals surface area contributed by atoms with Crippen molar-refractivity contribution in [3.8, 4) is 5.75 Å². The number of carbonyl (C=O) groups excluding carboxylic acids is 3. The molecule has 3 aromatic rings. The van der Waals surface area contributed by atoms with Gasteiger partial charge in [0.05, 0.1) is 11.1 Å². The van der Waals surface area contributed by atoms with Gasteiger partial charge in [-0.3, -0.25) is 9.59 Å². The maximum Gasteiger partial charge on any atom is 0.367 e. The topological polar surface area (TPSA) is 72.9 Å². The van der Waals surface area contributed by atoms with Crippen LogP contribution in [0.25, 0.3) is 0 Å². The monoisotopic (exact) mass is 407 g/mol. The number of hydroxylamine groups is 2. The van der Waals surface area contributed by atoms with E-state index >= 15 is 0 Å². The van der Waals surface area contributed by atoms with Crippen LogP contribution < -0.4 is 4.74 Å². The minimum atomic E-state index is -0.880. The number of amides is 2. The molecule has 0 fully saturated rings. The zero-order chi connectivity index (χ0) is 20.4. The van der Waals surface area contributed by atoms with Crippen molar-refractivity contribution in [2.75, 3.05) is 0 Å². The molecule has 0 radical (unpaired) electrons. The average Bonchev–Trinajstić information content (AvgIpc) is 2.98. The Morgan fingerprint density at radius 1 is 0.828 bits per heavy atom. The molecule has 29 heavy (non-hydrogen) atoms. The lowest BCUT2D eigenvalue weighted by Crippen LogP contribution is -2.32. The van der Waals surface area contributed by atoms with Crippen molar-refractivity contribution in [3.63, 3.8) is 0 Å². The molecule has 0 saturated carbocycles. The van der Waals surface area contributed by atoms with Crippen LogP contribution in [0.2, 0.25) is 5.02 Å². The Bertz CT molecular complexity index is 1090. The Kier molecular flexibility index (Phi) is 5.01. The van der Waals surface area contributed by atoms with Gasteiger partial charge in [0.25, 0.3) is 11.8 Å². The summed E-state index contributed by atoms with van der Waals surface area (Å²) in [4.78, 5) is 42.6. The van der Waals surface area contributed by atoms with E-state index in [9.17, 15) is 14.4 Å². The summed E-state index contributed by atoms with van der Waals surface area (Å²) >= 11 is 6.13. The SMILES string of the molecule is O=C(ON1C(=O)c2ccccc2C1=O)c1ccccc1OCc1ccccc1Cl. The Labute approximate surface area is 171 Å². The maximum absolute atomic E-state index is 12.7. The Hall–Kier alpha value is -3.64. The largest absolute Gasteiger partial charge is 0.488 e. The molecule has 0 aliphatic carbocycles. The normalized spacial score (nSPS) is 12.7. The molecule has 1 heterocycles. The van der Waals surface area contributed by atoms with Crippen molar-refractivity contribution in [1.82, 2.24) is 5.06 Å². The summed E-state index contributed by atoms with van der Waals surface area (Å²) in [5, 5.41) is 1.01. The lowest BCUT2D eigenvalue weighted by atomic mass is 10.1. The van der Waals surface area contributed by atoms with E-state index in [-0.39, 0.29) is 29.0 Å². The molecule has 7 heteroatoms. The van der Waals surface area contributed by atoms with E-state index in [2.05, 4.69) is 0 Å². The Balaban J connectivity index is 1.52. The second-order valence-corrected chi connectivity index (χ2v) is 6.61. The number of halogens is 1. The molecule has 0 saturated heterocycles. The molecule has 0 unspecified atom stereocenters. The number of imide groups is 1. The third-order valence-corrected chi connectivity index (χ3v) is 4.75. The predicted molar refractivity (Wildman–Crippen MR) is 105 cm³/mol. The van der Waals surface area contributed by atoms with E-state index in [0.717, 1.165) is 5.56 Å². The van der Waals surface area contributed by atoms with E-state index in [1.165, 1.54) is 18.2 Å². The second-order valence-electron chi connectivity index (χ2n) is 6.21. The van der Waals surface area contributed by atoms with Crippen LogP contribution in [0.15, 0.2) is 72.8 Å². The summed E-state index contributed by atoms with van der Waals surface area (Å²) < 4.78 is 5.73. The van der Waals surface area contributed by atoms with Gasteiger partial charge in [-0.25, -0.2) is 4.79 Å². The van der Waals surface area contributed by atoms with Gasteiger partial charge >= 0.3 is 5.97 Å². The molecule has 6 nitrogen and oxygen atoms in total. The van der Waals surface area contributed by atoms with Crippen molar-refractivity contribution in [3.05, 3.63) is 100 Å². The van der Waals surface area contributed by atoms with Gasteiger partial charge < -0.3 is 9.57 Å². The first kappa shape index (κ1) is 18.7. The highest BCUT2D eigenvalue weighted by atomic mass is 35.5. The zero-order valence-electron chi connectivity index (χ0n) is 15.0. The molecule has 0 N–H and O–H groups in total. The van der Waals surface area contributed by atoms with Crippen LogP contribution in [-0.2, 0) is 11.4 Å². The van der Waals surface area contributed by atoms with Gasteiger partial charge in [-0.15, -0.1) is 0 Å². The van der Waals surface area contributed by atoms with E-state index in [1.54, 1.807) is 42.5 Å². The number of rotatable bonds is 5. The van der Waals surface area contributed by atoms with Crippen molar-refractivity contribution < 1.29 is 24.0 Å². The first-order valence-corrected chi connectivity index (χ1v) is 9.09. The lowest BCUT2D eigenvalue weighted by Gasteiger charge is -2.15. The molecular formula is C22H14ClNO5. The maximum atomic E-state index is 12.7. The van der Waals surface area contributed by atoms with Crippen molar-refractivity contribution in [1.29, 1.82) is 0 Å². The summed E-state index contributed by atoms with van der Waals surface area (Å²) in [5.74, 6) is -2.01. The molecule has 144 valence electrons. The van der Waals surface area contributed by atoms with Crippen LogP contribution in [-0.4, -0.2) is 22.8 Å². The fourth-order valence-corrected chi connectivity index (χ4v) is 3.10. The smallest absolute Gasteiger partial charge is 0.367 e. The molecule has 2 amide bonds. The predicted octanol–water partition coefficient (Wildman–Crippen LogP) is 4.29. The minimum Gasteiger partial charge on any atom is -0.488 e. The van der Waals surface area contributed by atoms with Gasteiger partial charge in [0.1, 0.15) is 17.9 Å². The minimum absolute atomic E-state index is 0.0797. The van der Waals surface area contributed by atoms with Gasteiger partial charge in [0, 0.05) is 10.6 Å². The summed E-state index contributed by atoms with van der Waals surface area (Å²) in [6.07, 6.45) is 0. The van der Waals surface area contributed by atoms with Crippen LogP contribution in [0.3, 0.4) is 0 Å². The fraction of sp³-hybridized carbons (Fsp3) is 0.0455. The lowest BCUT2D eigenvalue weighted by molar-refractivity contribution is -0.0586. The van der Waals surface area contributed by atoms with E-state index in [1.807, 2.05) is 12.1 Å². The summed E-state index contributed by atoms with van der Waals surface area (Å²) in [5.41, 5.74) is 1.20. The third kappa shape index (κ3) is 3.58. The molecular weight excluding hydrogens is 394 g/mol.